The minimum atomic E-state index is -0.228. The van der Waals surface area contributed by atoms with Crippen LogP contribution in [0.5, 0.6) is 0 Å². The number of rotatable bonds is 4. The topological polar surface area (TPSA) is 15.3 Å². The zero-order valence-electron chi connectivity index (χ0n) is 10.0. The maximum Gasteiger partial charge on any atom is 0.148 e. The minimum absolute atomic E-state index is 0.228. The monoisotopic (exact) mass is 256 g/mol. The van der Waals surface area contributed by atoms with E-state index in [1.54, 1.807) is 12.1 Å². The molecule has 0 radical (unpaired) electrons. The molecule has 0 saturated carbocycles. The van der Waals surface area contributed by atoms with Crippen molar-refractivity contribution >= 4 is 17.3 Å². The molecule has 0 bridgehead atoms. The predicted octanol–water partition coefficient (Wildman–Crippen LogP) is 3.06. The summed E-state index contributed by atoms with van der Waals surface area (Å²) in [5, 5.41) is 3.96. The number of nitrogens with zero attached hydrogens (tertiary/aromatic N) is 1. The molecule has 94 valence electrons. The molecule has 1 saturated heterocycles. The Hall–Kier alpha value is -0.800. The number of nitrogens with one attached hydrogen (secondary N) is 1. The van der Waals surface area contributed by atoms with E-state index in [9.17, 15) is 4.39 Å². The molecule has 1 atom stereocenters. The van der Waals surface area contributed by atoms with Gasteiger partial charge < -0.3 is 10.2 Å². The molecule has 1 aliphatic heterocycles. The molecular formula is C13H18ClFN2. The van der Waals surface area contributed by atoms with Gasteiger partial charge in [0, 0.05) is 19.1 Å². The van der Waals surface area contributed by atoms with Crippen LogP contribution in [0.4, 0.5) is 10.1 Å². The first-order valence-electron chi connectivity index (χ1n) is 6.14. The zero-order chi connectivity index (χ0) is 12.3. The molecule has 1 aliphatic rings. The van der Waals surface area contributed by atoms with Crippen molar-refractivity contribution in [1.82, 2.24) is 5.32 Å². The Morgan fingerprint density at radius 1 is 1.53 bits per heavy atom. The molecular weight excluding hydrogens is 239 g/mol. The summed E-state index contributed by atoms with van der Waals surface area (Å²) in [6.07, 6.45) is 2.17. The third-order valence-electron chi connectivity index (χ3n) is 3.13. The van der Waals surface area contributed by atoms with Gasteiger partial charge in [-0.2, -0.15) is 0 Å². The molecule has 2 rings (SSSR count). The van der Waals surface area contributed by atoms with Crippen molar-refractivity contribution in [3.05, 3.63) is 29.0 Å². The van der Waals surface area contributed by atoms with Crippen molar-refractivity contribution in [3.8, 4) is 0 Å². The Morgan fingerprint density at radius 3 is 3.06 bits per heavy atom. The average molecular weight is 257 g/mol. The Kier molecular flexibility index (Phi) is 4.24. The van der Waals surface area contributed by atoms with Crippen molar-refractivity contribution in [2.24, 2.45) is 0 Å². The molecule has 0 spiro atoms. The first-order chi connectivity index (χ1) is 8.22. The first-order valence-corrected chi connectivity index (χ1v) is 6.52. The summed E-state index contributed by atoms with van der Waals surface area (Å²) in [5.41, 5.74) is 0.551. The second kappa shape index (κ2) is 5.69. The lowest BCUT2D eigenvalue weighted by molar-refractivity contribution is 0.548. The predicted molar refractivity (Wildman–Crippen MR) is 70.3 cm³/mol. The number of hydrogen-bond donors (Lipinski definition) is 1. The van der Waals surface area contributed by atoms with Crippen LogP contribution in [0.25, 0.3) is 0 Å². The van der Waals surface area contributed by atoms with Crippen LogP contribution in [-0.4, -0.2) is 25.7 Å². The summed E-state index contributed by atoms with van der Waals surface area (Å²) < 4.78 is 13.7. The fraction of sp³-hybridized carbons (Fsp3) is 0.538. The fourth-order valence-electron chi connectivity index (χ4n) is 2.27. The Bertz CT molecular complexity index is 363. The smallest absolute Gasteiger partial charge is 0.148 e. The third kappa shape index (κ3) is 2.90. The van der Waals surface area contributed by atoms with E-state index in [0.717, 1.165) is 32.5 Å². The molecule has 0 amide bonds. The standard InChI is InChI=1S/C13H18ClFN2/c1-2-7-16-10-6-8-17(9-10)13-11(14)4-3-5-12(13)15/h3-5,10,16H,2,6-9H2,1H3. The van der Waals surface area contributed by atoms with E-state index in [2.05, 4.69) is 12.2 Å². The molecule has 1 aromatic rings. The van der Waals surface area contributed by atoms with Gasteiger partial charge in [-0.15, -0.1) is 0 Å². The lowest BCUT2D eigenvalue weighted by Crippen LogP contribution is -2.33. The van der Waals surface area contributed by atoms with E-state index >= 15 is 0 Å². The SMILES string of the molecule is CCCNC1CCN(c2c(F)cccc2Cl)C1. The number of hydrogen-bond acceptors (Lipinski definition) is 2. The molecule has 1 heterocycles. The normalized spacial score (nSPS) is 19.9. The summed E-state index contributed by atoms with van der Waals surface area (Å²) in [5.74, 6) is -0.228. The lowest BCUT2D eigenvalue weighted by Gasteiger charge is -2.20. The van der Waals surface area contributed by atoms with Crippen molar-refractivity contribution in [2.75, 3.05) is 24.5 Å². The van der Waals surface area contributed by atoms with Crippen LogP contribution >= 0.6 is 11.6 Å². The van der Waals surface area contributed by atoms with Gasteiger partial charge in [0.25, 0.3) is 0 Å². The Morgan fingerprint density at radius 2 is 2.35 bits per heavy atom. The minimum Gasteiger partial charge on any atom is -0.366 e. The molecule has 17 heavy (non-hydrogen) atoms. The van der Waals surface area contributed by atoms with Gasteiger partial charge in [0.1, 0.15) is 5.82 Å². The highest BCUT2D eigenvalue weighted by atomic mass is 35.5. The highest BCUT2D eigenvalue weighted by Gasteiger charge is 2.25. The maximum absolute atomic E-state index is 13.7. The quantitative estimate of drug-likeness (QED) is 0.891. The molecule has 1 aromatic carbocycles. The molecule has 0 aromatic heterocycles. The Balaban J connectivity index is 2.05. The number of halogens is 2. The largest absolute Gasteiger partial charge is 0.366 e. The van der Waals surface area contributed by atoms with Gasteiger partial charge in [0.15, 0.2) is 0 Å². The second-order valence-corrected chi connectivity index (χ2v) is 4.86. The van der Waals surface area contributed by atoms with E-state index in [4.69, 9.17) is 11.6 Å². The van der Waals surface area contributed by atoms with Gasteiger partial charge in [-0.05, 0) is 31.5 Å². The second-order valence-electron chi connectivity index (χ2n) is 4.46. The van der Waals surface area contributed by atoms with E-state index in [-0.39, 0.29) is 5.82 Å². The summed E-state index contributed by atoms with van der Waals surface area (Å²) >= 11 is 6.06. The van der Waals surface area contributed by atoms with Crippen LogP contribution < -0.4 is 10.2 Å². The molecule has 2 nitrogen and oxygen atoms in total. The fourth-order valence-corrected chi connectivity index (χ4v) is 2.55. The van der Waals surface area contributed by atoms with Gasteiger partial charge in [-0.1, -0.05) is 24.6 Å². The third-order valence-corrected chi connectivity index (χ3v) is 3.43. The van der Waals surface area contributed by atoms with E-state index in [0.29, 0.717) is 16.8 Å². The van der Waals surface area contributed by atoms with Crippen LogP contribution in [0.3, 0.4) is 0 Å². The number of para-hydroxylation sites is 1. The summed E-state index contributed by atoms with van der Waals surface area (Å²) in [6.45, 7) is 4.86. The first kappa shape index (κ1) is 12.7. The summed E-state index contributed by atoms with van der Waals surface area (Å²) in [7, 11) is 0. The van der Waals surface area contributed by atoms with Crippen LogP contribution in [0.1, 0.15) is 19.8 Å². The van der Waals surface area contributed by atoms with Gasteiger partial charge in [0.05, 0.1) is 10.7 Å². The van der Waals surface area contributed by atoms with Gasteiger partial charge in [-0.25, -0.2) is 4.39 Å². The number of benzene rings is 1. The summed E-state index contributed by atoms with van der Waals surface area (Å²) in [6, 6.07) is 5.30. The molecule has 1 N–H and O–H groups in total. The van der Waals surface area contributed by atoms with Crippen LogP contribution in [0.15, 0.2) is 18.2 Å². The van der Waals surface area contributed by atoms with E-state index in [1.807, 2.05) is 4.90 Å². The number of anilines is 1. The highest BCUT2D eigenvalue weighted by molar-refractivity contribution is 6.33. The summed E-state index contributed by atoms with van der Waals surface area (Å²) in [4.78, 5) is 2.03. The van der Waals surface area contributed by atoms with Gasteiger partial charge >= 0.3 is 0 Å². The lowest BCUT2D eigenvalue weighted by atomic mass is 10.2. The average Bonchev–Trinajstić information content (AvgIpc) is 2.75. The maximum atomic E-state index is 13.7. The Labute approximate surface area is 107 Å². The zero-order valence-corrected chi connectivity index (χ0v) is 10.8. The van der Waals surface area contributed by atoms with E-state index < -0.39 is 0 Å². The van der Waals surface area contributed by atoms with Crippen molar-refractivity contribution < 1.29 is 4.39 Å². The van der Waals surface area contributed by atoms with Crippen LogP contribution in [0, 0.1) is 5.82 Å². The molecule has 1 fully saturated rings. The van der Waals surface area contributed by atoms with Crippen molar-refractivity contribution in [3.63, 3.8) is 0 Å². The molecule has 0 aliphatic carbocycles. The molecule has 1 unspecified atom stereocenters. The highest BCUT2D eigenvalue weighted by Crippen LogP contribution is 2.31. The van der Waals surface area contributed by atoms with Crippen LogP contribution in [-0.2, 0) is 0 Å². The molecule has 4 heteroatoms. The van der Waals surface area contributed by atoms with Gasteiger partial charge in [-0.3, -0.25) is 0 Å². The van der Waals surface area contributed by atoms with Crippen LogP contribution in [0.2, 0.25) is 5.02 Å². The van der Waals surface area contributed by atoms with E-state index in [1.165, 1.54) is 6.07 Å². The van der Waals surface area contributed by atoms with Crippen molar-refractivity contribution in [1.29, 1.82) is 0 Å². The van der Waals surface area contributed by atoms with Gasteiger partial charge in [0.2, 0.25) is 0 Å². The van der Waals surface area contributed by atoms with Crippen molar-refractivity contribution in [2.45, 2.75) is 25.8 Å².